The number of aryl methyl sites for hydroxylation is 2. The van der Waals surface area contributed by atoms with Gasteiger partial charge in [-0.2, -0.15) is 13.2 Å². The van der Waals surface area contributed by atoms with E-state index in [1.807, 2.05) is 26.0 Å². The number of benzene rings is 1. The molecule has 2 aromatic rings. The molecule has 0 radical (unpaired) electrons. The van der Waals surface area contributed by atoms with Crippen LogP contribution in [0.2, 0.25) is 0 Å². The van der Waals surface area contributed by atoms with Gasteiger partial charge < -0.3 is 15.0 Å². The molecule has 2 N–H and O–H groups in total. The summed E-state index contributed by atoms with van der Waals surface area (Å²) in [5.41, 5.74) is 4.35. The maximum absolute atomic E-state index is 12.7. The second-order valence-electron chi connectivity index (χ2n) is 8.04. The number of rotatable bonds is 6. The average molecular weight is 424 g/mol. The van der Waals surface area contributed by atoms with Crippen molar-refractivity contribution < 1.29 is 27.5 Å². The van der Waals surface area contributed by atoms with Crippen LogP contribution in [0.15, 0.2) is 18.2 Å². The summed E-state index contributed by atoms with van der Waals surface area (Å²) in [6.45, 7) is 2.78. The fraction of sp³-hybridized carbons (Fsp3) is 0.545. The fourth-order valence-corrected chi connectivity index (χ4v) is 4.25. The van der Waals surface area contributed by atoms with Crippen molar-refractivity contribution in [2.24, 2.45) is 11.8 Å². The molecule has 1 heterocycles. The lowest BCUT2D eigenvalue weighted by atomic mass is 9.78. The molecule has 1 amide bonds. The summed E-state index contributed by atoms with van der Waals surface area (Å²) >= 11 is 0. The zero-order chi connectivity index (χ0) is 21.9. The molecule has 0 aliphatic heterocycles. The maximum Gasteiger partial charge on any atom is 0.422 e. The van der Waals surface area contributed by atoms with Crippen LogP contribution in [0.3, 0.4) is 0 Å². The summed E-state index contributed by atoms with van der Waals surface area (Å²) in [6.07, 6.45) is -1.64. The Balaban J connectivity index is 1.60. The van der Waals surface area contributed by atoms with E-state index < -0.39 is 30.6 Å². The second-order valence-corrected chi connectivity index (χ2v) is 8.04. The van der Waals surface area contributed by atoms with Gasteiger partial charge in [0.15, 0.2) is 6.61 Å². The summed E-state index contributed by atoms with van der Waals surface area (Å²) in [5, 5.41) is 3.99. The standard InChI is InChI=1S/C22H27F3N2O3/c1-13-7-8-19-18(11-13)15(14(2)27-19)9-10-26-20(28)16-5-3-4-6-17(16)21(29)30-12-22(23,24)25/h7-8,11,16-17,27H,3-6,9-10,12H2,1-2H3,(H,26,28)/t16-,17-/m1/s1. The first-order valence-corrected chi connectivity index (χ1v) is 10.2. The van der Waals surface area contributed by atoms with Crippen LogP contribution in [0.25, 0.3) is 10.9 Å². The summed E-state index contributed by atoms with van der Waals surface area (Å²) in [4.78, 5) is 28.2. The highest BCUT2D eigenvalue weighted by atomic mass is 19.4. The molecule has 2 atom stereocenters. The van der Waals surface area contributed by atoms with Gasteiger partial charge in [-0.05, 0) is 50.8 Å². The summed E-state index contributed by atoms with van der Waals surface area (Å²) in [7, 11) is 0. The van der Waals surface area contributed by atoms with Crippen LogP contribution in [0.5, 0.6) is 0 Å². The van der Waals surface area contributed by atoms with Crippen molar-refractivity contribution in [3.8, 4) is 0 Å². The Hall–Kier alpha value is -2.51. The van der Waals surface area contributed by atoms with Crippen LogP contribution in [0.1, 0.15) is 42.5 Å². The first kappa shape index (κ1) is 22.2. The SMILES string of the molecule is Cc1ccc2[nH]c(C)c(CCNC(=O)[C@@H]3CCCC[C@H]3C(=O)OCC(F)(F)F)c2c1. The Labute approximate surface area is 173 Å². The van der Waals surface area contributed by atoms with Crippen molar-refractivity contribution in [3.05, 3.63) is 35.0 Å². The van der Waals surface area contributed by atoms with Gasteiger partial charge in [0.05, 0.1) is 11.8 Å². The van der Waals surface area contributed by atoms with Crippen LogP contribution in [-0.4, -0.2) is 36.2 Å². The second kappa shape index (κ2) is 9.10. The molecule has 3 rings (SSSR count). The third-order valence-corrected chi connectivity index (χ3v) is 5.73. The van der Waals surface area contributed by atoms with E-state index >= 15 is 0 Å². The molecule has 1 aliphatic rings. The monoisotopic (exact) mass is 424 g/mol. The van der Waals surface area contributed by atoms with Gasteiger partial charge in [-0.25, -0.2) is 0 Å². The number of halogens is 3. The van der Waals surface area contributed by atoms with Gasteiger partial charge in [0.25, 0.3) is 0 Å². The number of carbonyl (C=O) groups is 2. The van der Waals surface area contributed by atoms with Crippen molar-refractivity contribution in [1.82, 2.24) is 10.3 Å². The van der Waals surface area contributed by atoms with Crippen molar-refractivity contribution in [2.75, 3.05) is 13.2 Å². The Morgan fingerprint density at radius 3 is 2.57 bits per heavy atom. The number of hydrogen-bond acceptors (Lipinski definition) is 3. The predicted octanol–water partition coefficient (Wildman–Crippen LogP) is 4.36. The number of H-pyrrole nitrogens is 1. The molecule has 0 bridgehead atoms. The molecule has 1 saturated carbocycles. The summed E-state index contributed by atoms with van der Waals surface area (Å²) in [6, 6.07) is 6.16. The number of aromatic amines is 1. The van der Waals surface area contributed by atoms with Crippen LogP contribution >= 0.6 is 0 Å². The number of nitrogens with one attached hydrogen (secondary N) is 2. The van der Waals surface area contributed by atoms with E-state index in [-0.39, 0.29) is 5.91 Å². The van der Waals surface area contributed by atoms with Gasteiger partial charge >= 0.3 is 12.1 Å². The van der Waals surface area contributed by atoms with E-state index in [9.17, 15) is 22.8 Å². The quantitative estimate of drug-likeness (QED) is 0.677. The minimum absolute atomic E-state index is 0.294. The van der Waals surface area contributed by atoms with Gasteiger partial charge in [0.2, 0.25) is 5.91 Å². The van der Waals surface area contributed by atoms with Gasteiger partial charge in [0.1, 0.15) is 0 Å². The van der Waals surface area contributed by atoms with Crippen molar-refractivity contribution in [1.29, 1.82) is 0 Å². The highest BCUT2D eigenvalue weighted by Gasteiger charge is 2.38. The Kier molecular flexibility index (Phi) is 6.73. The average Bonchev–Trinajstić information content (AvgIpc) is 3.00. The predicted molar refractivity (Wildman–Crippen MR) is 107 cm³/mol. The molecular weight excluding hydrogens is 397 g/mol. The van der Waals surface area contributed by atoms with Gasteiger partial charge in [-0.3, -0.25) is 9.59 Å². The van der Waals surface area contributed by atoms with Gasteiger partial charge in [-0.15, -0.1) is 0 Å². The number of aromatic nitrogens is 1. The molecule has 30 heavy (non-hydrogen) atoms. The van der Waals surface area contributed by atoms with Crippen LogP contribution < -0.4 is 5.32 Å². The summed E-state index contributed by atoms with van der Waals surface area (Å²) < 4.78 is 41.5. The number of esters is 1. The first-order valence-electron chi connectivity index (χ1n) is 10.2. The van der Waals surface area contributed by atoms with E-state index in [4.69, 9.17) is 0 Å². The molecule has 8 heteroatoms. The minimum Gasteiger partial charge on any atom is -0.456 e. The topological polar surface area (TPSA) is 71.2 Å². The van der Waals surface area contributed by atoms with Crippen LogP contribution in [0.4, 0.5) is 13.2 Å². The van der Waals surface area contributed by atoms with Crippen molar-refractivity contribution >= 4 is 22.8 Å². The zero-order valence-electron chi connectivity index (χ0n) is 17.2. The molecule has 0 saturated heterocycles. The molecule has 0 spiro atoms. The molecule has 1 fully saturated rings. The highest BCUT2D eigenvalue weighted by Crippen LogP contribution is 2.32. The first-order chi connectivity index (χ1) is 14.2. The van der Waals surface area contributed by atoms with E-state index in [1.54, 1.807) is 0 Å². The lowest BCUT2D eigenvalue weighted by Crippen LogP contribution is -2.41. The fourth-order valence-electron chi connectivity index (χ4n) is 4.25. The lowest BCUT2D eigenvalue weighted by Gasteiger charge is -2.29. The molecule has 5 nitrogen and oxygen atoms in total. The lowest BCUT2D eigenvalue weighted by molar-refractivity contribution is -0.191. The molecule has 0 unspecified atom stereocenters. The van der Waals surface area contributed by atoms with Crippen LogP contribution in [0, 0.1) is 25.7 Å². The molecule has 164 valence electrons. The molecule has 1 aromatic carbocycles. The van der Waals surface area contributed by atoms with Crippen LogP contribution in [-0.2, 0) is 20.7 Å². The number of fused-ring (bicyclic) bond motifs is 1. The number of alkyl halides is 3. The van der Waals surface area contributed by atoms with Gasteiger partial charge in [-0.1, -0.05) is 24.5 Å². The molecule has 1 aromatic heterocycles. The smallest absolute Gasteiger partial charge is 0.422 e. The maximum atomic E-state index is 12.7. The number of carbonyl (C=O) groups excluding carboxylic acids is 2. The Bertz CT molecular complexity index is 920. The molecule has 1 aliphatic carbocycles. The van der Waals surface area contributed by atoms with Crippen molar-refractivity contribution in [3.63, 3.8) is 0 Å². The van der Waals surface area contributed by atoms with E-state index in [0.717, 1.165) is 34.1 Å². The van der Waals surface area contributed by atoms with E-state index in [1.165, 1.54) is 0 Å². The number of hydrogen-bond donors (Lipinski definition) is 2. The zero-order valence-corrected chi connectivity index (χ0v) is 17.2. The third-order valence-electron chi connectivity index (χ3n) is 5.73. The number of amides is 1. The molecular formula is C22H27F3N2O3. The normalized spacial score (nSPS) is 19.6. The Morgan fingerprint density at radius 2 is 1.87 bits per heavy atom. The number of ether oxygens (including phenoxy) is 1. The summed E-state index contributed by atoms with van der Waals surface area (Å²) in [5.74, 6) is -2.70. The third kappa shape index (κ3) is 5.34. The Morgan fingerprint density at radius 1 is 1.17 bits per heavy atom. The minimum atomic E-state index is -4.57. The highest BCUT2D eigenvalue weighted by molar-refractivity contribution is 5.86. The van der Waals surface area contributed by atoms with Gasteiger partial charge in [0, 0.05) is 23.1 Å². The van der Waals surface area contributed by atoms with Crippen molar-refractivity contribution in [2.45, 2.75) is 52.1 Å². The largest absolute Gasteiger partial charge is 0.456 e. The van der Waals surface area contributed by atoms with E-state index in [2.05, 4.69) is 21.1 Å². The van der Waals surface area contributed by atoms with E-state index in [0.29, 0.717) is 32.2 Å².